The number of ether oxygens (including phenoxy) is 3. The lowest BCUT2D eigenvalue weighted by atomic mass is 10.1. The van der Waals surface area contributed by atoms with Gasteiger partial charge in [0, 0.05) is 0 Å². The van der Waals surface area contributed by atoms with Crippen molar-refractivity contribution in [1.82, 2.24) is 0 Å². The van der Waals surface area contributed by atoms with Crippen LogP contribution in [-0.4, -0.2) is 25.6 Å². The molecule has 0 spiro atoms. The molecule has 0 atom stereocenters. The second-order valence-corrected chi connectivity index (χ2v) is 7.26. The third-order valence-corrected chi connectivity index (χ3v) is 4.54. The van der Waals surface area contributed by atoms with Crippen LogP contribution in [0.3, 0.4) is 0 Å². The summed E-state index contributed by atoms with van der Waals surface area (Å²) < 4.78 is 31.0. The lowest BCUT2D eigenvalue weighted by Gasteiger charge is -2.13. The summed E-state index contributed by atoms with van der Waals surface area (Å²) in [5.41, 5.74) is 1.77. The second kappa shape index (κ2) is 8.55. The van der Waals surface area contributed by atoms with E-state index >= 15 is 0 Å². The van der Waals surface area contributed by atoms with Crippen molar-refractivity contribution in [3.8, 4) is 11.5 Å². The second-order valence-electron chi connectivity index (χ2n) is 6.10. The zero-order valence-electron chi connectivity index (χ0n) is 15.3. The highest BCUT2D eigenvalue weighted by Gasteiger charge is 2.26. The maximum Gasteiger partial charge on any atom is 0.363 e. The van der Waals surface area contributed by atoms with Crippen molar-refractivity contribution in [2.75, 3.05) is 13.7 Å². The summed E-state index contributed by atoms with van der Waals surface area (Å²) in [5, 5.41) is 0. The molecule has 0 aliphatic carbocycles. The van der Waals surface area contributed by atoms with E-state index in [0.717, 1.165) is 9.14 Å². The number of methoxy groups -OCH3 is 1. The number of carbonyl (C=O) groups is 1. The summed E-state index contributed by atoms with van der Waals surface area (Å²) in [5.74, 6) is -0.0970. The highest BCUT2D eigenvalue weighted by Crippen LogP contribution is 2.35. The summed E-state index contributed by atoms with van der Waals surface area (Å²) in [7, 11) is 1.54. The Bertz CT molecular complexity index is 1010. The van der Waals surface area contributed by atoms with Gasteiger partial charge in [-0.1, -0.05) is 18.7 Å². The summed E-state index contributed by atoms with van der Waals surface area (Å²) in [4.78, 5) is 16.3. The fourth-order valence-electron chi connectivity index (χ4n) is 2.48. The van der Waals surface area contributed by atoms with Gasteiger partial charge in [0.05, 0.1) is 16.2 Å². The van der Waals surface area contributed by atoms with Gasteiger partial charge in [0.2, 0.25) is 5.90 Å². The summed E-state index contributed by atoms with van der Waals surface area (Å²) >= 11 is 2.13. The number of benzene rings is 2. The molecule has 1 aliphatic heterocycles. The van der Waals surface area contributed by atoms with Crippen molar-refractivity contribution in [3.63, 3.8) is 0 Å². The fraction of sp³-hybridized carbons (Fsp3) is 0.143. The number of nitrogens with zero attached hydrogens (tertiary/aromatic N) is 1. The number of rotatable bonds is 6. The number of carbonyl (C=O) groups excluding carboxylic acids is 1. The molecule has 0 radical (unpaired) electrons. The molecule has 5 nitrogen and oxygen atoms in total. The van der Waals surface area contributed by atoms with Crippen LogP contribution in [0, 0.1) is 9.39 Å². The molecule has 2 aromatic carbocycles. The lowest BCUT2D eigenvalue weighted by molar-refractivity contribution is -0.129. The van der Waals surface area contributed by atoms with Gasteiger partial charge in [0.15, 0.2) is 17.2 Å². The van der Waals surface area contributed by atoms with Crippen LogP contribution in [0.2, 0.25) is 0 Å². The number of cyclic esters (lactones) is 1. The number of hydrogen-bond acceptors (Lipinski definition) is 5. The van der Waals surface area contributed by atoms with E-state index in [1.807, 2.05) is 13.0 Å². The van der Waals surface area contributed by atoms with Crippen LogP contribution in [0.1, 0.15) is 18.1 Å². The standard InChI is InChI=1S/C21H17FINO4/c1-12(2)11-27-19-16(23)8-13(10-18(19)26-3)9-17-21(25)28-20(24-17)14-6-4-5-7-15(14)22/h4-10H,1,11H2,2-3H3. The van der Waals surface area contributed by atoms with Gasteiger partial charge >= 0.3 is 5.97 Å². The van der Waals surface area contributed by atoms with Gasteiger partial charge in [-0.15, -0.1) is 0 Å². The maximum atomic E-state index is 13.9. The topological polar surface area (TPSA) is 57.1 Å². The molecule has 144 valence electrons. The van der Waals surface area contributed by atoms with E-state index in [1.165, 1.54) is 19.2 Å². The van der Waals surface area contributed by atoms with Crippen molar-refractivity contribution in [1.29, 1.82) is 0 Å². The van der Waals surface area contributed by atoms with Crippen LogP contribution in [0.25, 0.3) is 6.08 Å². The summed E-state index contributed by atoms with van der Waals surface area (Å²) in [6.07, 6.45) is 1.56. The molecule has 28 heavy (non-hydrogen) atoms. The van der Waals surface area contributed by atoms with Crippen LogP contribution in [0.4, 0.5) is 4.39 Å². The van der Waals surface area contributed by atoms with Crippen LogP contribution < -0.4 is 9.47 Å². The first-order valence-corrected chi connectivity index (χ1v) is 9.39. The zero-order valence-corrected chi connectivity index (χ0v) is 17.4. The summed E-state index contributed by atoms with van der Waals surface area (Å²) in [6, 6.07) is 9.54. The highest BCUT2D eigenvalue weighted by molar-refractivity contribution is 14.1. The monoisotopic (exact) mass is 493 g/mol. The van der Waals surface area contributed by atoms with Crippen molar-refractivity contribution in [2.24, 2.45) is 4.99 Å². The molecule has 0 unspecified atom stereocenters. The Hall–Kier alpha value is -2.68. The number of aliphatic imine (C=N–C) groups is 1. The van der Waals surface area contributed by atoms with Gasteiger partial charge < -0.3 is 14.2 Å². The number of halogens is 2. The highest BCUT2D eigenvalue weighted by atomic mass is 127. The van der Waals surface area contributed by atoms with E-state index in [0.29, 0.717) is 23.7 Å². The average Bonchev–Trinajstić information content (AvgIpc) is 3.00. The van der Waals surface area contributed by atoms with Crippen molar-refractivity contribution in [3.05, 3.63) is 74.8 Å². The molecule has 0 saturated carbocycles. The minimum Gasteiger partial charge on any atom is -0.493 e. The van der Waals surface area contributed by atoms with E-state index in [4.69, 9.17) is 14.2 Å². The minimum absolute atomic E-state index is 0.0579. The molecular formula is C21H17FINO4. The van der Waals surface area contributed by atoms with Crippen LogP contribution in [0.15, 0.2) is 59.2 Å². The van der Waals surface area contributed by atoms with E-state index in [2.05, 4.69) is 34.2 Å². The first-order chi connectivity index (χ1) is 13.4. The molecule has 0 fully saturated rings. The Morgan fingerprint density at radius 2 is 2.11 bits per heavy atom. The third-order valence-electron chi connectivity index (χ3n) is 3.74. The van der Waals surface area contributed by atoms with Gasteiger partial charge in [-0.05, 0) is 71.0 Å². The van der Waals surface area contributed by atoms with E-state index in [-0.39, 0.29) is 17.2 Å². The molecule has 0 bridgehead atoms. The van der Waals surface area contributed by atoms with Crippen molar-refractivity contribution in [2.45, 2.75) is 6.92 Å². The lowest BCUT2D eigenvalue weighted by Crippen LogP contribution is -2.07. The molecule has 2 aromatic rings. The Morgan fingerprint density at radius 3 is 2.79 bits per heavy atom. The molecule has 1 heterocycles. The van der Waals surface area contributed by atoms with Crippen molar-refractivity contribution >= 4 is 40.5 Å². The molecule has 7 heteroatoms. The fourth-order valence-corrected chi connectivity index (χ4v) is 3.26. The molecule has 1 aliphatic rings. The maximum absolute atomic E-state index is 13.9. The van der Waals surface area contributed by atoms with Gasteiger partial charge in [-0.3, -0.25) is 0 Å². The first-order valence-electron chi connectivity index (χ1n) is 8.31. The zero-order chi connectivity index (χ0) is 20.3. The van der Waals surface area contributed by atoms with E-state index in [9.17, 15) is 9.18 Å². The molecule has 0 amide bonds. The SMILES string of the molecule is C=C(C)COc1c(I)cc(C=C2N=C(c3ccccc3F)OC2=O)cc1OC. The van der Waals surface area contributed by atoms with Crippen molar-refractivity contribution < 1.29 is 23.4 Å². The Balaban J connectivity index is 1.94. The van der Waals surface area contributed by atoms with Gasteiger partial charge in [-0.2, -0.15) is 0 Å². The van der Waals surface area contributed by atoms with Crippen LogP contribution in [0.5, 0.6) is 11.5 Å². The third kappa shape index (κ3) is 4.41. The Kier molecular flexibility index (Phi) is 6.13. The van der Waals surface area contributed by atoms with Crippen LogP contribution in [-0.2, 0) is 9.53 Å². The first kappa shape index (κ1) is 20.1. The van der Waals surface area contributed by atoms with Gasteiger partial charge in [-0.25, -0.2) is 14.2 Å². The average molecular weight is 493 g/mol. The Morgan fingerprint density at radius 1 is 1.36 bits per heavy atom. The smallest absolute Gasteiger partial charge is 0.363 e. The van der Waals surface area contributed by atoms with Crippen LogP contribution >= 0.6 is 22.6 Å². The molecule has 0 saturated heterocycles. The molecule has 3 rings (SSSR count). The quantitative estimate of drug-likeness (QED) is 0.253. The summed E-state index contributed by atoms with van der Waals surface area (Å²) in [6.45, 7) is 6.06. The predicted octanol–water partition coefficient (Wildman–Crippen LogP) is 4.74. The minimum atomic E-state index is -0.644. The van der Waals surface area contributed by atoms with E-state index in [1.54, 1.807) is 24.3 Å². The van der Waals surface area contributed by atoms with Gasteiger partial charge in [0.1, 0.15) is 12.4 Å². The number of hydrogen-bond donors (Lipinski definition) is 0. The van der Waals surface area contributed by atoms with E-state index < -0.39 is 11.8 Å². The number of esters is 1. The molecule has 0 N–H and O–H groups in total. The normalized spacial score (nSPS) is 14.6. The molecular weight excluding hydrogens is 476 g/mol. The largest absolute Gasteiger partial charge is 0.493 e. The predicted molar refractivity (Wildman–Crippen MR) is 113 cm³/mol. The van der Waals surface area contributed by atoms with Gasteiger partial charge in [0.25, 0.3) is 0 Å². The molecule has 0 aromatic heterocycles. The Labute approximate surface area is 175 Å².